The summed E-state index contributed by atoms with van der Waals surface area (Å²) in [6.45, 7) is 2.02. The number of aromatic nitrogens is 1. The number of hydrogen-bond donors (Lipinski definition) is 0. The van der Waals surface area contributed by atoms with Crippen molar-refractivity contribution in [3.63, 3.8) is 0 Å². The molecule has 2 aromatic carbocycles. The number of Topliss-reactive ketones (excluding diaryl/α,β-unsaturated/α-hetero) is 1. The van der Waals surface area contributed by atoms with Crippen LogP contribution < -0.4 is 0 Å². The molecule has 0 fully saturated rings. The first-order valence-corrected chi connectivity index (χ1v) is 10.0. The number of hydrogen-bond acceptors (Lipinski definition) is 3. The number of carbonyl (C=O) groups is 2. The first-order valence-electron chi connectivity index (χ1n) is 10.0. The molecule has 0 unspecified atom stereocenters. The molecule has 3 aromatic rings. The van der Waals surface area contributed by atoms with Crippen LogP contribution in [-0.4, -0.2) is 28.6 Å². The minimum Gasteiger partial charge on any atom is -0.341 e. The molecule has 1 amide bonds. The summed E-state index contributed by atoms with van der Waals surface area (Å²) in [7, 11) is 1.67. The lowest BCUT2D eigenvalue weighted by atomic mass is 9.99. The molecule has 0 saturated carbocycles. The van der Waals surface area contributed by atoms with E-state index in [2.05, 4.69) is 4.98 Å². The lowest BCUT2D eigenvalue weighted by Crippen LogP contribution is -2.25. The molecule has 0 spiro atoms. The summed E-state index contributed by atoms with van der Waals surface area (Å²) in [6.07, 6.45) is 4.94. The van der Waals surface area contributed by atoms with Gasteiger partial charge in [-0.2, -0.15) is 0 Å². The maximum absolute atomic E-state index is 14.5. The average Bonchev–Trinajstić information content (AvgIpc) is 2.79. The number of benzene rings is 2. The van der Waals surface area contributed by atoms with Gasteiger partial charge in [0, 0.05) is 50.0 Å². The van der Waals surface area contributed by atoms with Crippen LogP contribution in [0.2, 0.25) is 0 Å². The summed E-state index contributed by atoms with van der Waals surface area (Å²) in [4.78, 5) is 29.7. The number of rotatable bonds is 8. The first kappa shape index (κ1) is 21.4. The van der Waals surface area contributed by atoms with Gasteiger partial charge in [0.25, 0.3) is 0 Å². The fraction of sp³-hybridized carbons (Fsp3) is 0.240. The van der Waals surface area contributed by atoms with Crippen LogP contribution in [0.25, 0.3) is 11.1 Å². The molecule has 30 heavy (non-hydrogen) atoms. The van der Waals surface area contributed by atoms with Gasteiger partial charge in [-0.15, -0.1) is 0 Å². The predicted octanol–water partition coefficient (Wildman–Crippen LogP) is 5.07. The van der Waals surface area contributed by atoms with E-state index in [9.17, 15) is 14.0 Å². The normalized spacial score (nSPS) is 10.6. The lowest BCUT2D eigenvalue weighted by Gasteiger charge is -2.17. The number of ketones is 1. The maximum atomic E-state index is 14.5. The van der Waals surface area contributed by atoms with Crippen LogP contribution in [0.1, 0.15) is 41.3 Å². The second kappa shape index (κ2) is 9.92. The van der Waals surface area contributed by atoms with Crippen molar-refractivity contribution >= 4 is 11.7 Å². The molecule has 154 valence electrons. The van der Waals surface area contributed by atoms with Crippen molar-refractivity contribution in [1.29, 1.82) is 0 Å². The summed E-state index contributed by atoms with van der Waals surface area (Å²) in [5.74, 6) is -0.308. The summed E-state index contributed by atoms with van der Waals surface area (Å²) in [6, 6.07) is 16.0. The van der Waals surface area contributed by atoms with E-state index in [-0.39, 0.29) is 24.1 Å². The van der Waals surface area contributed by atoms with E-state index in [1.165, 1.54) is 11.0 Å². The summed E-state index contributed by atoms with van der Waals surface area (Å²) < 4.78 is 14.5. The molecule has 0 saturated heterocycles. The highest BCUT2D eigenvalue weighted by Gasteiger charge is 2.12. The van der Waals surface area contributed by atoms with Crippen molar-refractivity contribution < 1.29 is 14.0 Å². The highest BCUT2D eigenvalue weighted by atomic mass is 19.1. The molecule has 0 aliphatic carbocycles. The second-order valence-corrected chi connectivity index (χ2v) is 7.27. The van der Waals surface area contributed by atoms with E-state index >= 15 is 0 Å². The van der Waals surface area contributed by atoms with Crippen molar-refractivity contribution in [3.05, 3.63) is 89.5 Å². The van der Waals surface area contributed by atoms with Crippen LogP contribution in [0.3, 0.4) is 0 Å². The second-order valence-electron chi connectivity index (χ2n) is 7.27. The van der Waals surface area contributed by atoms with Gasteiger partial charge in [0.05, 0.1) is 0 Å². The highest BCUT2D eigenvalue weighted by Crippen LogP contribution is 2.23. The van der Waals surface area contributed by atoms with E-state index in [1.807, 2.05) is 30.3 Å². The Balaban J connectivity index is 1.66. The number of amides is 1. The quantitative estimate of drug-likeness (QED) is 0.493. The van der Waals surface area contributed by atoms with E-state index in [4.69, 9.17) is 0 Å². The summed E-state index contributed by atoms with van der Waals surface area (Å²) in [5.41, 5.74) is 3.71. The number of pyridine rings is 1. The molecule has 0 atom stereocenters. The Hall–Kier alpha value is -3.34. The Morgan fingerprint density at radius 2 is 1.77 bits per heavy atom. The molecule has 1 heterocycles. The van der Waals surface area contributed by atoms with E-state index in [0.29, 0.717) is 30.4 Å². The van der Waals surface area contributed by atoms with Crippen molar-refractivity contribution in [2.75, 3.05) is 7.05 Å². The van der Waals surface area contributed by atoms with E-state index in [1.54, 1.807) is 44.6 Å². The van der Waals surface area contributed by atoms with Gasteiger partial charge in [-0.25, -0.2) is 4.39 Å². The molecule has 1 aromatic heterocycles. The fourth-order valence-electron chi connectivity index (χ4n) is 3.27. The number of nitrogens with zero attached hydrogens (tertiary/aromatic N) is 2. The topological polar surface area (TPSA) is 50.3 Å². The van der Waals surface area contributed by atoms with Gasteiger partial charge in [-0.3, -0.25) is 14.6 Å². The van der Waals surface area contributed by atoms with Crippen molar-refractivity contribution in [2.45, 2.75) is 32.7 Å². The van der Waals surface area contributed by atoms with Crippen LogP contribution in [0.15, 0.2) is 67.0 Å². The standard InChI is InChI=1S/C25H25FN2O2/c1-3-25(30)28(2)17-22-12-11-21(15-23(22)26)19-7-9-20(10-8-19)24(29)13-6-18-5-4-14-27-16-18/h4-5,7-12,14-16H,3,6,13,17H2,1-2H3. The molecule has 0 bridgehead atoms. The minimum absolute atomic E-state index is 0.0257. The third kappa shape index (κ3) is 5.38. The molecular formula is C25H25FN2O2. The molecule has 5 heteroatoms. The van der Waals surface area contributed by atoms with Gasteiger partial charge >= 0.3 is 0 Å². The lowest BCUT2D eigenvalue weighted by molar-refractivity contribution is -0.130. The smallest absolute Gasteiger partial charge is 0.222 e. The van der Waals surface area contributed by atoms with Crippen molar-refractivity contribution in [1.82, 2.24) is 9.88 Å². The fourth-order valence-corrected chi connectivity index (χ4v) is 3.27. The van der Waals surface area contributed by atoms with Gasteiger partial charge in [0.1, 0.15) is 5.82 Å². The van der Waals surface area contributed by atoms with Gasteiger partial charge in [-0.1, -0.05) is 49.4 Å². The van der Waals surface area contributed by atoms with E-state index in [0.717, 1.165) is 16.7 Å². The molecule has 0 aliphatic heterocycles. The predicted molar refractivity (Wildman–Crippen MR) is 115 cm³/mol. The molecule has 0 radical (unpaired) electrons. The molecule has 4 nitrogen and oxygen atoms in total. The average molecular weight is 404 g/mol. The van der Waals surface area contributed by atoms with Gasteiger partial charge in [0.2, 0.25) is 5.91 Å². The SMILES string of the molecule is CCC(=O)N(C)Cc1ccc(-c2ccc(C(=O)CCc3cccnc3)cc2)cc1F. The van der Waals surface area contributed by atoms with Gasteiger partial charge in [-0.05, 0) is 35.2 Å². The van der Waals surface area contributed by atoms with Crippen LogP contribution in [0, 0.1) is 5.82 Å². The summed E-state index contributed by atoms with van der Waals surface area (Å²) in [5, 5.41) is 0. The minimum atomic E-state index is -0.347. The Morgan fingerprint density at radius 3 is 2.40 bits per heavy atom. The Bertz CT molecular complexity index is 1020. The number of halogens is 1. The molecule has 0 aliphatic rings. The molecule has 0 N–H and O–H groups in total. The zero-order chi connectivity index (χ0) is 21.5. The van der Waals surface area contributed by atoms with Crippen molar-refractivity contribution in [2.24, 2.45) is 0 Å². The summed E-state index contributed by atoms with van der Waals surface area (Å²) >= 11 is 0. The van der Waals surface area contributed by atoms with Crippen LogP contribution in [0.4, 0.5) is 4.39 Å². The third-order valence-electron chi connectivity index (χ3n) is 5.09. The Morgan fingerprint density at radius 1 is 1.03 bits per heavy atom. The Kier molecular flexibility index (Phi) is 7.07. The zero-order valence-corrected chi connectivity index (χ0v) is 17.3. The van der Waals surface area contributed by atoms with E-state index < -0.39 is 0 Å². The Labute approximate surface area is 176 Å². The highest BCUT2D eigenvalue weighted by molar-refractivity contribution is 5.96. The van der Waals surface area contributed by atoms with Crippen LogP contribution in [0.5, 0.6) is 0 Å². The third-order valence-corrected chi connectivity index (χ3v) is 5.09. The van der Waals surface area contributed by atoms with Gasteiger partial charge < -0.3 is 4.90 Å². The number of aryl methyl sites for hydroxylation is 1. The zero-order valence-electron chi connectivity index (χ0n) is 17.3. The number of carbonyl (C=O) groups excluding carboxylic acids is 2. The molecule has 3 rings (SSSR count). The largest absolute Gasteiger partial charge is 0.341 e. The molecular weight excluding hydrogens is 379 g/mol. The maximum Gasteiger partial charge on any atom is 0.222 e. The van der Waals surface area contributed by atoms with Crippen LogP contribution in [-0.2, 0) is 17.8 Å². The van der Waals surface area contributed by atoms with Crippen molar-refractivity contribution in [3.8, 4) is 11.1 Å². The van der Waals surface area contributed by atoms with Gasteiger partial charge in [0.15, 0.2) is 5.78 Å². The monoisotopic (exact) mass is 404 g/mol. The van der Waals surface area contributed by atoms with Crippen LogP contribution >= 0.6 is 0 Å². The first-order chi connectivity index (χ1) is 14.5.